The fourth-order valence-electron chi connectivity index (χ4n) is 2.00. The van der Waals surface area contributed by atoms with Crippen molar-refractivity contribution in [2.45, 2.75) is 56.0 Å². The molecule has 1 rings (SSSR count). The highest BCUT2D eigenvalue weighted by Gasteiger charge is 2.45. The fourth-order valence-corrected chi connectivity index (χ4v) is 2.00. The number of carboxylic acid groups (broad SMARTS) is 1. The number of hydrogen-bond donors (Lipinski definition) is 7. The van der Waals surface area contributed by atoms with Crippen LogP contribution in [0.4, 0.5) is 0 Å². The van der Waals surface area contributed by atoms with Gasteiger partial charge in [-0.3, -0.25) is 9.59 Å². The van der Waals surface area contributed by atoms with Crippen LogP contribution in [0.2, 0.25) is 0 Å². The van der Waals surface area contributed by atoms with Gasteiger partial charge in [-0.25, -0.2) is 0 Å². The first-order valence-electron chi connectivity index (χ1n) is 6.89. The molecule has 8 N–H and O–H groups in total. The van der Waals surface area contributed by atoms with Gasteiger partial charge < -0.3 is 41.3 Å². The van der Waals surface area contributed by atoms with Gasteiger partial charge in [-0.15, -0.1) is 0 Å². The standard InChI is InChI=1S/C12H22N2O8/c13-5(11(19)20)3-1-2-4-14-10(18)9-7(16)6(15)8(17)12(21)22-9/h5-9,12,15-17,21H,1-4,13H2,(H,14,18)(H,19,20)/t5-,6-,7+,8+,9+,12?/m0/s1. The summed E-state index contributed by atoms with van der Waals surface area (Å²) in [7, 11) is 0. The summed E-state index contributed by atoms with van der Waals surface area (Å²) in [6, 6.07) is -0.953. The molecule has 1 aliphatic rings. The number of carbonyl (C=O) groups is 2. The van der Waals surface area contributed by atoms with Gasteiger partial charge in [-0.1, -0.05) is 0 Å². The van der Waals surface area contributed by atoms with Gasteiger partial charge in [0.05, 0.1) is 0 Å². The van der Waals surface area contributed by atoms with E-state index in [2.05, 4.69) is 5.32 Å². The maximum Gasteiger partial charge on any atom is 0.320 e. The van der Waals surface area contributed by atoms with Crippen molar-refractivity contribution < 1.29 is 39.9 Å². The Balaban J connectivity index is 2.32. The van der Waals surface area contributed by atoms with E-state index < -0.39 is 48.6 Å². The number of aliphatic hydroxyl groups is 4. The van der Waals surface area contributed by atoms with E-state index in [1.54, 1.807) is 0 Å². The number of amides is 1. The van der Waals surface area contributed by atoms with Crippen molar-refractivity contribution in [1.29, 1.82) is 0 Å². The molecule has 0 bridgehead atoms. The van der Waals surface area contributed by atoms with E-state index in [4.69, 9.17) is 15.6 Å². The topological polar surface area (TPSA) is 183 Å². The number of carbonyl (C=O) groups excluding carboxylic acids is 1. The first-order chi connectivity index (χ1) is 10.3. The second-order valence-corrected chi connectivity index (χ2v) is 5.15. The summed E-state index contributed by atoms with van der Waals surface area (Å²) < 4.78 is 4.76. The Morgan fingerprint density at radius 1 is 1.09 bits per heavy atom. The Bertz CT molecular complexity index is 393. The summed E-state index contributed by atoms with van der Waals surface area (Å²) in [6.07, 6.45) is -7.15. The molecule has 0 saturated carbocycles. The molecule has 6 atom stereocenters. The lowest BCUT2D eigenvalue weighted by atomic mass is 9.98. The molecule has 10 nitrogen and oxygen atoms in total. The Kier molecular flexibility index (Phi) is 7.13. The quantitative estimate of drug-likeness (QED) is 0.234. The van der Waals surface area contributed by atoms with Gasteiger partial charge in [0.25, 0.3) is 5.91 Å². The van der Waals surface area contributed by atoms with E-state index in [1.165, 1.54) is 0 Å². The van der Waals surface area contributed by atoms with Gasteiger partial charge in [-0.05, 0) is 19.3 Å². The van der Waals surface area contributed by atoms with E-state index in [-0.39, 0.29) is 13.0 Å². The van der Waals surface area contributed by atoms with Crippen molar-refractivity contribution in [1.82, 2.24) is 5.32 Å². The second-order valence-electron chi connectivity index (χ2n) is 5.15. The molecule has 0 aromatic heterocycles. The molecule has 1 heterocycles. The van der Waals surface area contributed by atoms with E-state index in [1.807, 2.05) is 0 Å². The van der Waals surface area contributed by atoms with Gasteiger partial charge >= 0.3 is 5.97 Å². The molecule has 1 unspecified atom stereocenters. The molecule has 128 valence electrons. The number of carboxylic acids is 1. The van der Waals surface area contributed by atoms with Crippen LogP contribution in [0.15, 0.2) is 0 Å². The average Bonchev–Trinajstić information content (AvgIpc) is 2.47. The maximum atomic E-state index is 11.8. The van der Waals surface area contributed by atoms with Crippen molar-refractivity contribution in [3.05, 3.63) is 0 Å². The van der Waals surface area contributed by atoms with Gasteiger partial charge in [0, 0.05) is 6.54 Å². The minimum Gasteiger partial charge on any atom is -0.480 e. The van der Waals surface area contributed by atoms with E-state index in [0.717, 1.165) is 0 Å². The highest BCUT2D eigenvalue weighted by atomic mass is 16.6. The lowest BCUT2D eigenvalue weighted by Gasteiger charge is -2.37. The van der Waals surface area contributed by atoms with Crippen LogP contribution in [0, 0.1) is 0 Å². The minimum absolute atomic E-state index is 0.187. The summed E-state index contributed by atoms with van der Waals surface area (Å²) in [4.78, 5) is 22.3. The van der Waals surface area contributed by atoms with E-state index >= 15 is 0 Å². The highest BCUT2D eigenvalue weighted by molar-refractivity contribution is 5.81. The predicted octanol–water partition coefficient (Wildman–Crippen LogP) is -3.52. The smallest absolute Gasteiger partial charge is 0.320 e. The Morgan fingerprint density at radius 3 is 2.32 bits per heavy atom. The summed E-state index contributed by atoms with van der Waals surface area (Å²) in [5.74, 6) is -1.84. The van der Waals surface area contributed by atoms with Crippen molar-refractivity contribution in [3.63, 3.8) is 0 Å². The number of unbranched alkanes of at least 4 members (excludes halogenated alkanes) is 1. The molecule has 22 heavy (non-hydrogen) atoms. The number of rotatable bonds is 7. The summed E-state index contributed by atoms with van der Waals surface area (Å²) in [5, 5.41) is 48.7. The normalized spacial score (nSPS) is 33.2. The third kappa shape index (κ3) is 4.87. The summed E-state index contributed by atoms with van der Waals surface area (Å²) in [6.45, 7) is 0.187. The molecular formula is C12H22N2O8. The van der Waals surface area contributed by atoms with Gasteiger partial charge in [0.2, 0.25) is 0 Å². The monoisotopic (exact) mass is 322 g/mol. The van der Waals surface area contributed by atoms with Crippen LogP contribution in [-0.2, 0) is 14.3 Å². The number of aliphatic hydroxyl groups excluding tert-OH is 4. The van der Waals surface area contributed by atoms with E-state index in [0.29, 0.717) is 12.8 Å². The Hall–Kier alpha value is -1.30. The summed E-state index contributed by atoms with van der Waals surface area (Å²) >= 11 is 0. The second kappa shape index (κ2) is 8.36. The van der Waals surface area contributed by atoms with Crippen LogP contribution in [0.5, 0.6) is 0 Å². The maximum absolute atomic E-state index is 11.8. The van der Waals surface area contributed by atoms with Crippen molar-refractivity contribution in [3.8, 4) is 0 Å². The van der Waals surface area contributed by atoms with Crippen molar-refractivity contribution in [2.75, 3.05) is 6.54 Å². The fraction of sp³-hybridized carbons (Fsp3) is 0.833. The average molecular weight is 322 g/mol. The molecule has 0 spiro atoms. The number of aliphatic carboxylic acids is 1. The molecule has 1 fully saturated rings. The van der Waals surface area contributed by atoms with Crippen LogP contribution in [0.1, 0.15) is 19.3 Å². The molecule has 1 saturated heterocycles. The largest absolute Gasteiger partial charge is 0.480 e. The van der Waals surface area contributed by atoms with Crippen LogP contribution in [0.25, 0.3) is 0 Å². The molecule has 0 aliphatic carbocycles. The first-order valence-corrected chi connectivity index (χ1v) is 6.89. The number of ether oxygens (including phenoxy) is 1. The molecule has 10 heteroatoms. The third-order valence-corrected chi connectivity index (χ3v) is 3.40. The molecule has 1 amide bonds. The minimum atomic E-state index is -1.78. The molecular weight excluding hydrogens is 300 g/mol. The molecule has 0 aromatic rings. The van der Waals surface area contributed by atoms with E-state index in [9.17, 15) is 30.0 Å². The number of hydrogen-bond acceptors (Lipinski definition) is 8. The van der Waals surface area contributed by atoms with Crippen molar-refractivity contribution in [2.24, 2.45) is 5.73 Å². The van der Waals surface area contributed by atoms with Gasteiger partial charge in [-0.2, -0.15) is 0 Å². The zero-order valence-electron chi connectivity index (χ0n) is 11.8. The lowest BCUT2D eigenvalue weighted by Crippen LogP contribution is -2.61. The zero-order valence-corrected chi connectivity index (χ0v) is 11.8. The Labute approximate surface area is 126 Å². The lowest BCUT2D eigenvalue weighted by molar-refractivity contribution is -0.275. The van der Waals surface area contributed by atoms with Crippen LogP contribution in [0.3, 0.4) is 0 Å². The third-order valence-electron chi connectivity index (χ3n) is 3.40. The van der Waals surface area contributed by atoms with Crippen molar-refractivity contribution >= 4 is 11.9 Å². The molecule has 0 aromatic carbocycles. The highest BCUT2D eigenvalue weighted by Crippen LogP contribution is 2.19. The number of nitrogens with one attached hydrogen (secondary N) is 1. The predicted molar refractivity (Wildman–Crippen MR) is 71.4 cm³/mol. The molecule has 0 radical (unpaired) electrons. The first kappa shape index (κ1) is 18.7. The van der Waals surface area contributed by atoms with Crippen LogP contribution in [-0.4, -0.2) is 80.7 Å². The van der Waals surface area contributed by atoms with Gasteiger partial charge in [0.15, 0.2) is 12.4 Å². The zero-order chi connectivity index (χ0) is 16.9. The van der Waals surface area contributed by atoms with Crippen LogP contribution >= 0.6 is 0 Å². The van der Waals surface area contributed by atoms with Gasteiger partial charge in [0.1, 0.15) is 24.4 Å². The number of nitrogens with two attached hydrogens (primary N) is 1. The molecule has 1 aliphatic heterocycles. The SMILES string of the molecule is N[C@@H](CCCCNC(=O)[C@@H]1OC(O)[C@H](O)[C@@H](O)[C@H]1O)C(=O)O. The van der Waals surface area contributed by atoms with Crippen LogP contribution < -0.4 is 11.1 Å². The summed E-state index contributed by atoms with van der Waals surface area (Å²) in [5.41, 5.74) is 5.32. The Morgan fingerprint density at radius 2 is 1.73 bits per heavy atom.